The third-order valence-electron chi connectivity index (χ3n) is 3.79. The first-order valence-corrected chi connectivity index (χ1v) is 9.62. The van der Waals surface area contributed by atoms with Crippen molar-refractivity contribution < 1.29 is 23.8 Å². The van der Waals surface area contributed by atoms with Crippen LogP contribution in [-0.4, -0.2) is 68.0 Å². The normalized spacial score (nSPS) is 11.0. The van der Waals surface area contributed by atoms with E-state index in [1.165, 1.54) is 0 Å². The Morgan fingerprint density at radius 3 is 1.96 bits per heavy atom. The van der Waals surface area contributed by atoms with Gasteiger partial charge in [-0.1, -0.05) is 30.3 Å². The molecule has 0 heterocycles. The number of carbonyl (C=O) groups is 2. The zero-order valence-corrected chi connectivity index (χ0v) is 17.8. The molecule has 7 heteroatoms. The van der Waals surface area contributed by atoms with E-state index in [0.29, 0.717) is 26.3 Å². The zero-order valence-electron chi connectivity index (χ0n) is 17.8. The van der Waals surface area contributed by atoms with Gasteiger partial charge < -0.3 is 24.0 Å². The van der Waals surface area contributed by atoms with Gasteiger partial charge in [-0.05, 0) is 39.2 Å². The molecule has 2 amide bonds. The van der Waals surface area contributed by atoms with Gasteiger partial charge in [0.25, 0.3) is 0 Å². The van der Waals surface area contributed by atoms with Crippen molar-refractivity contribution in [2.75, 3.05) is 40.4 Å². The Morgan fingerprint density at radius 2 is 1.43 bits per heavy atom. The van der Waals surface area contributed by atoms with Gasteiger partial charge in [0.15, 0.2) is 0 Å². The molecule has 0 atom stereocenters. The number of hydrogen-bond donors (Lipinski definition) is 0. The molecule has 0 N–H and O–H groups in total. The average Bonchev–Trinajstić information content (AvgIpc) is 2.64. The molecule has 1 rings (SSSR count). The summed E-state index contributed by atoms with van der Waals surface area (Å²) in [5, 5.41) is 0. The van der Waals surface area contributed by atoms with E-state index < -0.39 is 5.60 Å². The quantitative estimate of drug-likeness (QED) is 0.563. The number of amides is 2. The van der Waals surface area contributed by atoms with Gasteiger partial charge in [-0.15, -0.1) is 0 Å². The lowest BCUT2D eigenvalue weighted by molar-refractivity contribution is 0.0279. The first-order chi connectivity index (χ1) is 13.2. The van der Waals surface area contributed by atoms with Crippen LogP contribution in [0.25, 0.3) is 0 Å². The van der Waals surface area contributed by atoms with Crippen LogP contribution in [0.1, 0.15) is 39.2 Å². The standard InChI is InChI=1S/C21H34N2O5/c1-21(2,3)28-20(25)23(5)14-10-16-26-15-9-13-22(4)19(24)27-17-18-11-7-6-8-12-18/h6-8,11-12H,9-10,13-17H2,1-5H3. The van der Waals surface area contributed by atoms with Crippen LogP contribution in [0.4, 0.5) is 9.59 Å². The predicted octanol–water partition coefficient (Wildman–Crippen LogP) is 3.92. The van der Waals surface area contributed by atoms with Crippen LogP contribution in [0.3, 0.4) is 0 Å². The maximum Gasteiger partial charge on any atom is 0.410 e. The molecule has 28 heavy (non-hydrogen) atoms. The molecule has 0 aliphatic heterocycles. The van der Waals surface area contributed by atoms with E-state index in [1.54, 1.807) is 23.9 Å². The lowest BCUT2D eigenvalue weighted by atomic mass is 10.2. The van der Waals surface area contributed by atoms with Crippen molar-refractivity contribution in [1.82, 2.24) is 9.80 Å². The van der Waals surface area contributed by atoms with Crippen LogP contribution < -0.4 is 0 Å². The van der Waals surface area contributed by atoms with E-state index in [1.807, 2.05) is 51.1 Å². The molecule has 0 fully saturated rings. The van der Waals surface area contributed by atoms with Crippen molar-refractivity contribution in [3.63, 3.8) is 0 Å². The van der Waals surface area contributed by atoms with E-state index in [0.717, 1.165) is 18.4 Å². The van der Waals surface area contributed by atoms with Crippen molar-refractivity contribution in [3.05, 3.63) is 35.9 Å². The van der Waals surface area contributed by atoms with Gasteiger partial charge >= 0.3 is 12.2 Å². The van der Waals surface area contributed by atoms with Crippen LogP contribution in [-0.2, 0) is 20.8 Å². The molecule has 1 aromatic rings. The summed E-state index contributed by atoms with van der Waals surface area (Å²) >= 11 is 0. The summed E-state index contributed by atoms with van der Waals surface area (Å²) in [5.41, 5.74) is 0.472. The Kier molecular flexibility index (Phi) is 10.4. The summed E-state index contributed by atoms with van der Waals surface area (Å²) in [5.74, 6) is 0. The molecule has 158 valence electrons. The lowest BCUT2D eigenvalue weighted by Gasteiger charge is -2.24. The van der Waals surface area contributed by atoms with Gasteiger partial charge in [0.05, 0.1) is 0 Å². The highest BCUT2D eigenvalue weighted by molar-refractivity contribution is 5.67. The molecule has 0 bridgehead atoms. The zero-order chi connectivity index (χ0) is 21.0. The second-order valence-electron chi connectivity index (χ2n) is 7.68. The predicted molar refractivity (Wildman–Crippen MR) is 108 cm³/mol. The molecule has 0 saturated heterocycles. The maximum atomic E-state index is 11.9. The number of nitrogens with zero attached hydrogens (tertiary/aromatic N) is 2. The topological polar surface area (TPSA) is 68.3 Å². The first kappa shape index (κ1) is 23.8. The number of hydrogen-bond acceptors (Lipinski definition) is 5. The highest BCUT2D eigenvalue weighted by Gasteiger charge is 2.19. The Labute approximate surface area is 168 Å². The molecule has 0 aromatic heterocycles. The highest BCUT2D eigenvalue weighted by Crippen LogP contribution is 2.09. The van der Waals surface area contributed by atoms with Crippen molar-refractivity contribution in [3.8, 4) is 0 Å². The van der Waals surface area contributed by atoms with Gasteiger partial charge in [0.1, 0.15) is 12.2 Å². The van der Waals surface area contributed by atoms with Crippen molar-refractivity contribution in [2.24, 2.45) is 0 Å². The van der Waals surface area contributed by atoms with Crippen molar-refractivity contribution in [2.45, 2.75) is 45.8 Å². The molecular weight excluding hydrogens is 360 g/mol. The largest absolute Gasteiger partial charge is 0.445 e. The number of rotatable bonds is 10. The minimum absolute atomic E-state index is 0.270. The van der Waals surface area contributed by atoms with E-state index >= 15 is 0 Å². The molecule has 0 unspecified atom stereocenters. The molecule has 1 aromatic carbocycles. The summed E-state index contributed by atoms with van der Waals surface area (Å²) in [6, 6.07) is 9.58. The molecule has 0 spiro atoms. The monoisotopic (exact) mass is 394 g/mol. The van der Waals surface area contributed by atoms with Crippen LogP contribution in [0, 0.1) is 0 Å². The van der Waals surface area contributed by atoms with Gasteiger partial charge in [0.2, 0.25) is 0 Å². The van der Waals surface area contributed by atoms with E-state index in [4.69, 9.17) is 14.2 Å². The number of carbonyl (C=O) groups excluding carboxylic acids is 2. The second-order valence-corrected chi connectivity index (χ2v) is 7.68. The van der Waals surface area contributed by atoms with Crippen molar-refractivity contribution in [1.29, 1.82) is 0 Å². The molecule has 0 radical (unpaired) electrons. The number of benzene rings is 1. The molecule has 0 aliphatic carbocycles. The summed E-state index contributed by atoms with van der Waals surface area (Å²) in [4.78, 5) is 26.8. The third kappa shape index (κ3) is 10.8. The Bertz CT molecular complexity index is 586. The van der Waals surface area contributed by atoms with Crippen molar-refractivity contribution >= 4 is 12.2 Å². The highest BCUT2D eigenvalue weighted by atomic mass is 16.6. The van der Waals surface area contributed by atoms with Gasteiger partial charge in [-0.2, -0.15) is 0 Å². The maximum absolute atomic E-state index is 11.9. The van der Waals surface area contributed by atoms with Crippen LogP contribution in [0.15, 0.2) is 30.3 Å². The fraction of sp³-hybridized carbons (Fsp3) is 0.619. The Hall–Kier alpha value is -2.28. The third-order valence-corrected chi connectivity index (χ3v) is 3.79. The summed E-state index contributed by atoms with van der Waals surface area (Å²) in [6.45, 7) is 8.03. The number of ether oxygens (including phenoxy) is 3. The van der Waals surface area contributed by atoms with Crippen LogP contribution >= 0.6 is 0 Å². The second kappa shape index (κ2) is 12.2. The fourth-order valence-corrected chi connectivity index (χ4v) is 2.26. The molecule has 7 nitrogen and oxygen atoms in total. The van der Waals surface area contributed by atoms with E-state index in [9.17, 15) is 9.59 Å². The Morgan fingerprint density at radius 1 is 0.893 bits per heavy atom. The minimum atomic E-state index is -0.490. The van der Waals surface area contributed by atoms with Gasteiger partial charge in [0, 0.05) is 40.4 Å². The smallest absolute Gasteiger partial charge is 0.410 e. The lowest BCUT2D eigenvalue weighted by Crippen LogP contribution is -2.35. The molecular formula is C21H34N2O5. The Balaban J connectivity index is 2.05. The summed E-state index contributed by atoms with van der Waals surface area (Å²) in [7, 11) is 3.42. The summed E-state index contributed by atoms with van der Waals surface area (Å²) < 4.78 is 16.1. The average molecular weight is 395 g/mol. The van der Waals surface area contributed by atoms with E-state index in [2.05, 4.69) is 0 Å². The fourth-order valence-electron chi connectivity index (χ4n) is 2.26. The van der Waals surface area contributed by atoms with Gasteiger partial charge in [-0.25, -0.2) is 9.59 Å². The SMILES string of the molecule is CN(CCCOCCCN(C)C(=O)OC(C)(C)C)C(=O)OCc1ccccc1. The van der Waals surface area contributed by atoms with Crippen LogP contribution in [0.2, 0.25) is 0 Å². The van der Waals surface area contributed by atoms with Gasteiger partial charge in [-0.3, -0.25) is 0 Å². The van der Waals surface area contributed by atoms with E-state index in [-0.39, 0.29) is 18.8 Å². The summed E-state index contributed by atoms with van der Waals surface area (Å²) in [6.07, 6.45) is 0.773. The molecule has 0 saturated carbocycles. The first-order valence-electron chi connectivity index (χ1n) is 9.62. The molecule has 0 aliphatic rings. The minimum Gasteiger partial charge on any atom is -0.445 e. The van der Waals surface area contributed by atoms with Crippen LogP contribution in [0.5, 0.6) is 0 Å².